The van der Waals surface area contributed by atoms with E-state index < -0.39 is 5.97 Å². The first-order chi connectivity index (χ1) is 9.77. The summed E-state index contributed by atoms with van der Waals surface area (Å²) in [5, 5.41) is 9.25. The van der Waals surface area contributed by atoms with Crippen LogP contribution in [0.3, 0.4) is 0 Å². The van der Waals surface area contributed by atoms with E-state index in [0.717, 1.165) is 5.56 Å². The highest BCUT2D eigenvalue weighted by molar-refractivity contribution is 5.91. The number of pyridine rings is 1. The van der Waals surface area contributed by atoms with Gasteiger partial charge < -0.3 is 5.11 Å². The molecule has 2 heterocycles. The molecule has 5 heteroatoms. The quantitative estimate of drug-likeness (QED) is 0.790. The van der Waals surface area contributed by atoms with E-state index in [2.05, 4.69) is 9.97 Å². The van der Waals surface area contributed by atoms with Crippen LogP contribution < -0.4 is 0 Å². The number of benzene rings is 1. The van der Waals surface area contributed by atoms with E-state index in [9.17, 15) is 9.90 Å². The maximum atomic E-state index is 11.3. The van der Waals surface area contributed by atoms with Gasteiger partial charge in [0.05, 0.1) is 0 Å². The third kappa shape index (κ3) is 2.05. The highest BCUT2D eigenvalue weighted by Gasteiger charge is 2.15. The lowest BCUT2D eigenvalue weighted by Crippen LogP contribution is -2.08. The van der Waals surface area contributed by atoms with Gasteiger partial charge in [-0.25, -0.2) is 14.8 Å². The molecule has 0 saturated carbocycles. The molecule has 0 radical (unpaired) electrons. The van der Waals surface area contributed by atoms with Crippen molar-refractivity contribution in [2.45, 2.75) is 0 Å². The second kappa shape index (κ2) is 4.97. The molecule has 0 bridgehead atoms. The van der Waals surface area contributed by atoms with Crippen molar-refractivity contribution in [1.82, 2.24) is 14.5 Å². The number of carbonyl (C=O) groups is 1. The highest BCUT2D eigenvalue weighted by Crippen LogP contribution is 2.21. The molecule has 98 valence electrons. The number of nitrogens with zero attached hydrogens (tertiary/aromatic N) is 3. The van der Waals surface area contributed by atoms with Crippen molar-refractivity contribution in [2.75, 3.05) is 0 Å². The van der Waals surface area contributed by atoms with Gasteiger partial charge in [0.15, 0.2) is 5.82 Å². The molecule has 0 aliphatic carbocycles. The lowest BCUT2D eigenvalue weighted by atomic mass is 10.2. The fourth-order valence-corrected chi connectivity index (χ4v) is 2.03. The Bertz CT molecular complexity index is 751. The van der Waals surface area contributed by atoms with Crippen molar-refractivity contribution < 1.29 is 9.90 Å². The van der Waals surface area contributed by atoms with Crippen LogP contribution in [0.25, 0.3) is 17.2 Å². The topological polar surface area (TPSA) is 68.0 Å². The lowest BCUT2D eigenvalue weighted by Gasteiger charge is -2.09. The molecule has 1 N–H and O–H groups in total. The fraction of sp³-hybridized carbons (Fsp3) is 0. The largest absolute Gasteiger partial charge is 0.478 e. The Morgan fingerprint density at radius 2 is 1.80 bits per heavy atom. The average Bonchev–Trinajstić information content (AvgIpc) is 2.97. The Kier molecular flexibility index (Phi) is 3.01. The summed E-state index contributed by atoms with van der Waals surface area (Å²) in [6, 6.07) is 12.7. The molecule has 0 atom stereocenters. The smallest absolute Gasteiger partial charge is 0.339 e. The van der Waals surface area contributed by atoms with Crippen LogP contribution in [0.15, 0.2) is 61.1 Å². The first-order valence-corrected chi connectivity index (χ1v) is 6.05. The molecular weight excluding hydrogens is 254 g/mol. The lowest BCUT2D eigenvalue weighted by molar-refractivity contribution is 0.0696. The summed E-state index contributed by atoms with van der Waals surface area (Å²) in [7, 11) is 0. The van der Waals surface area contributed by atoms with Crippen molar-refractivity contribution in [3.05, 3.63) is 66.6 Å². The molecule has 0 spiro atoms. The fourth-order valence-electron chi connectivity index (χ4n) is 2.03. The number of imidazole rings is 1. The average molecular weight is 265 g/mol. The second-order valence-electron chi connectivity index (χ2n) is 4.17. The summed E-state index contributed by atoms with van der Waals surface area (Å²) in [5.74, 6) is 0.00367. The Balaban J connectivity index is 2.18. The van der Waals surface area contributed by atoms with Crippen LogP contribution in [0.1, 0.15) is 10.4 Å². The number of carboxylic acids is 1. The maximum Gasteiger partial charge on any atom is 0.339 e. The predicted octanol–water partition coefficient (Wildman–Crippen LogP) is 2.63. The van der Waals surface area contributed by atoms with E-state index in [4.69, 9.17) is 0 Å². The van der Waals surface area contributed by atoms with Gasteiger partial charge in [-0.3, -0.25) is 4.57 Å². The van der Waals surface area contributed by atoms with Crippen LogP contribution in [0.2, 0.25) is 0 Å². The van der Waals surface area contributed by atoms with Gasteiger partial charge in [-0.2, -0.15) is 0 Å². The maximum absolute atomic E-state index is 11.3. The molecule has 0 amide bonds. The third-order valence-corrected chi connectivity index (χ3v) is 2.92. The number of rotatable bonds is 3. The predicted molar refractivity (Wildman–Crippen MR) is 73.8 cm³/mol. The number of hydrogen-bond acceptors (Lipinski definition) is 3. The van der Waals surface area contributed by atoms with Gasteiger partial charge in [0, 0.05) is 24.2 Å². The Hall–Kier alpha value is -2.95. The highest BCUT2D eigenvalue weighted by atomic mass is 16.4. The van der Waals surface area contributed by atoms with Crippen molar-refractivity contribution in [1.29, 1.82) is 0 Å². The van der Waals surface area contributed by atoms with E-state index in [-0.39, 0.29) is 5.56 Å². The van der Waals surface area contributed by atoms with E-state index in [1.165, 1.54) is 6.07 Å². The Labute approximate surface area is 115 Å². The second-order valence-corrected chi connectivity index (χ2v) is 4.17. The first kappa shape index (κ1) is 12.1. The Morgan fingerprint density at radius 3 is 2.55 bits per heavy atom. The van der Waals surface area contributed by atoms with Gasteiger partial charge in [0.2, 0.25) is 0 Å². The number of aromatic carboxylic acids is 1. The van der Waals surface area contributed by atoms with Crippen molar-refractivity contribution in [3.8, 4) is 17.2 Å². The van der Waals surface area contributed by atoms with E-state index in [0.29, 0.717) is 11.6 Å². The molecule has 20 heavy (non-hydrogen) atoms. The zero-order valence-electron chi connectivity index (χ0n) is 10.5. The molecule has 2 aromatic heterocycles. The zero-order valence-corrected chi connectivity index (χ0v) is 10.5. The molecule has 3 aromatic rings. The summed E-state index contributed by atoms with van der Waals surface area (Å²) in [4.78, 5) is 19.8. The summed E-state index contributed by atoms with van der Waals surface area (Å²) >= 11 is 0. The first-order valence-electron chi connectivity index (χ1n) is 6.05. The number of carboxylic acid groups (broad SMARTS) is 1. The van der Waals surface area contributed by atoms with Crippen LogP contribution in [-0.2, 0) is 0 Å². The monoisotopic (exact) mass is 265 g/mol. The van der Waals surface area contributed by atoms with Gasteiger partial charge in [-0.15, -0.1) is 0 Å². The van der Waals surface area contributed by atoms with Gasteiger partial charge in [-0.1, -0.05) is 30.3 Å². The number of hydrogen-bond donors (Lipinski definition) is 1. The minimum Gasteiger partial charge on any atom is -0.478 e. The molecule has 0 unspecified atom stereocenters. The summed E-state index contributed by atoms with van der Waals surface area (Å²) < 4.78 is 1.68. The standard InChI is InChI=1S/C15H11N3O2/c19-15(20)12-7-4-8-16-14(12)18-10-9-17-13(18)11-5-2-1-3-6-11/h1-10H,(H,19,20). The summed E-state index contributed by atoms with van der Waals surface area (Å²) in [6.45, 7) is 0. The van der Waals surface area contributed by atoms with Crippen LogP contribution in [-0.4, -0.2) is 25.6 Å². The van der Waals surface area contributed by atoms with Crippen LogP contribution in [0.4, 0.5) is 0 Å². The number of aromatic nitrogens is 3. The molecule has 0 aliphatic heterocycles. The SMILES string of the molecule is O=C(O)c1cccnc1-n1ccnc1-c1ccccc1. The third-order valence-electron chi connectivity index (χ3n) is 2.92. The van der Waals surface area contributed by atoms with Gasteiger partial charge >= 0.3 is 5.97 Å². The molecule has 0 aliphatic rings. The molecule has 1 aromatic carbocycles. The minimum atomic E-state index is -1.01. The molecule has 0 fully saturated rings. The van der Waals surface area contributed by atoms with Crippen LogP contribution >= 0.6 is 0 Å². The van der Waals surface area contributed by atoms with Crippen molar-refractivity contribution >= 4 is 5.97 Å². The molecule has 5 nitrogen and oxygen atoms in total. The summed E-state index contributed by atoms with van der Waals surface area (Å²) in [5.41, 5.74) is 1.04. The molecular formula is C15H11N3O2. The summed E-state index contributed by atoms with van der Waals surface area (Å²) in [6.07, 6.45) is 4.90. The van der Waals surface area contributed by atoms with Crippen molar-refractivity contribution in [2.24, 2.45) is 0 Å². The van der Waals surface area contributed by atoms with E-state index >= 15 is 0 Å². The van der Waals surface area contributed by atoms with E-state index in [1.807, 2.05) is 30.3 Å². The normalized spacial score (nSPS) is 10.4. The Morgan fingerprint density at radius 1 is 1.00 bits per heavy atom. The molecule has 0 saturated heterocycles. The van der Waals surface area contributed by atoms with Crippen LogP contribution in [0.5, 0.6) is 0 Å². The zero-order chi connectivity index (χ0) is 13.9. The van der Waals surface area contributed by atoms with Gasteiger partial charge in [-0.05, 0) is 12.1 Å². The van der Waals surface area contributed by atoms with E-state index in [1.54, 1.807) is 29.2 Å². The van der Waals surface area contributed by atoms with Crippen molar-refractivity contribution in [3.63, 3.8) is 0 Å². The minimum absolute atomic E-state index is 0.141. The van der Waals surface area contributed by atoms with Crippen LogP contribution in [0, 0.1) is 0 Å². The van der Waals surface area contributed by atoms with Gasteiger partial charge in [0.1, 0.15) is 11.4 Å². The van der Waals surface area contributed by atoms with Gasteiger partial charge in [0.25, 0.3) is 0 Å². The molecule has 3 rings (SSSR count).